The van der Waals surface area contributed by atoms with Crippen LogP contribution in [0.2, 0.25) is 0 Å². The van der Waals surface area contributed by atoms with E-state index in [0.29, 0.717) is 17.4 Å². The predicted molar refractivity (Wildman–Crippen MR) is 75.0 cm³/mol. The van der Waals surface area contributed by atoms with Gasteiger partial charge in [-0.25, -0.2) is 0 Å². The van der Waals surface area contributed by atoms with Crippen LogP contribution >= 0.6 is 0 Å². The van der Waals surface area contributed by atoms with Gasteiger partial charge in [-0.3, -0.25) is 4.79 Å². The van der Waals surface area contributed by atoms with Gasteiger partial charge in [0.15, 0.2) is 5.69 Å². The van der Waals surface area contributed by atoms with Crippen LogP contribution in [0.25, 0.3) is 0 Å². The van der Waals surface area contributed by atoms with Crippen molar-refractivity contribution in [1.82, 2.24) is 15.5 Å². The summed E-state index contributed by atoms with van der Waals surface area (Å²) in [5.41, 5.74) is 0.380. The van der Waals surface area contributed by atoms with Crippen molar-refractivity contribution in [3.63, 3.8) is 0 Å². The van der Waals surface area contributed by atoms with Crippen molar-refractivity contribution >= 4 is 11.7 Å². The van der Waals surface area contributed by atoms with E-state index in [1.807, 2.05) is 0 Å². The van der Waals surface area contributed by atoms with E-state index in [2.05, 4.69) is 34.7 Å². The van der Waals surface area contributed by atoms with Crippen LogP contribution in [0.4, 0.5) is 5.82 Å². The highest BCUT2D eigenvalue weighted by atomic mass is 16.1. The molecular formula is C14H22N4O. The van der Waals surface area contributed by atoms with E-state index in [4.69, 9.17) is 0 Å². The lowest BCUT2D eigenvalue weighted by molar-refractivity contribution is 0.0940. The fourth-order valence-corrected chi connectivity index (χ4v) is 1.98. The molecule has 0 bridgehead atoms. The Morgan fingerprint density at radius 2 is 2.21 bits per heavy atom. The molecular weight excluding hydrogens is 240 g/mol. The van der Waals surface area contributed by atoms with Crippen LogP contribution in [0.15, 0.2) is 12.1 Å². The van der Waals surface area contributed by atoms with Crippen LogP contribution in [0.3, 0.4) is 0 Å². The number of hydrogen-bond acceptors (Lipinski definition) is 4. The number of hydrogen-bond donors (Lipinski definition) is 2. The minimum absolute atomic E-state index is 0.137. The van der Waals surface area contributed by atoms with Crippen LogP contribution < -0.4 is 10.6 Å². The largest absolute Gasteiger partial charge is 0.369 e. The van der Waals surface area contributed by atoms with E-state index in [1.54, 1.807) is 12.1 Å². The zero-order chi connectivity index (χ0) is 13.7. The lowest BCUT2D eigenvalue weighted by Crippen LogP contribution is -2.29. The highest BCUT2D eigenvalue weighted by molar-refractivity contribution is 5.92. The molecule has 19 heavy (non-hydrogen) atoms. The van der Waals surface area contributed by atoms with E-state index in [0.717, 1.165) is 25.4 Å². The van der Waals surface area contributed by atoms with Gasteiger partial charge in [0, 0.05) is 13.1 Å². The molecule has 1 saturated carbocycles. The Balaban J connectivity index is 1.81. The summed E-state index contributed by atoms with van der Waals surface area (Å²) < 4.78 is 0. The Kier molecular flexibility index (Phi) is 4.71. The molecule has 1 atom stereocenters. The smallest absolute Gasteiger partial charge is 0.271 e. The molecule has 5 nitrogen and oxygen atoms in total. The standard InChI is InChI=1S/C14H22N4O/c1-3-8-15-13-7-6-12(17-18-13)14(19)16-9-10(2)11-4-5-11/h6-7,10-11H,3-5,8-9H2,1-2H3,(H,15,18)(H,16,19). The molecule has 2 rings (SSSR count). The monoisotopic (exact) mass is 262 g/mol. The maximum atomic E-state index is 11.9. The SMILES string of the molecule is CCCNc1ccc(C(=O)NCC(C)C2CC2)nn1. The van der Waals surface area contributed by atoms with Gasteiger partial charge >= 0.3 is 0 Å². The van der Waals surface area contributed by atoms with E-state index >= 15 is 0 Å². The Morgan fingerprint density at radius 3 is 2.79 bits per heavy atom. The predicted octanol–water partition coefficient (Wildman–Crippen LogP) is 2.07. The molecule has 0 saturated heterocycles. The molecule has 0 spiro atoms. The van der Waals surface area contributed by atoms with Gasteiger partial charge in [-0.1, -0.05) is 13.8 Å². The second-order valence-corrected chi connectivity index (χ2v) is 5.26. The molecule has 1 aliphatic carbocycles. The maximum Gasteiger partial charge on any atom is 0.271 e. The van der Waals surface area contributed by atoms with Gasteiger partial charge in [-0.05, 0) is 43.2 Å². The van der Waals surface area contributed by atoms with Crippen LogP contribution in [0, 0.1) is 11.8 Å². The van der Waals surface area contributed by atoms with Crippen LogP contribution in [0.5, 0.6) is 0 Å². The summed E-state index contributed by atoms with van der Waals surface area (Å²) in [5.74, 6) is 1.93. The summed E-state index contributed by atoms with van der Waals surface area (Å²) in [4.78, 5) is 11.9. The number of nitrogens with one attached hydrogen (secondary N) is 2. The first-order chi connectivity index (χ1) is 9.20. The van der Waals surface area contributed by atoms with E-state index in [1.165, 1.54) is 12.8 Å². The summed E-state index contributed by atoms with van der Waals surface area (Å²) in [5, 5.41) is 14.0. The molecule has 2 N–H and O–H groups in total. The molecule has 0 radical (unpaired) electrons. The van der Waals surface area contributed by atoms with Crippen molar-refractivity contribution in [2.24, 2.45) is 11.8 Å². The molecule has 1 unspecified atom stereocenters. The van der Waals surface area contributed by atoms with Gasteiger partial charge in [0.25, 0.3) is 5.91 Å². The second-order valence-electron chi connectivity index (χ2n) is 5.26. The fraction of sp³-hybridized carbons (Fsp3) is 0.643. The van der Waals surface area contributed by atoms with Gasteiger partial charge in [0.05, 0.1) is 0 Å². The lowest BCUT2D eigenvalue weighted by Gasteiger charge is -2.11. The lowest BCUT2D eigenvalue weighted by atomic mass is 10.1. The van der Waals surface area contributed by atoms with Crippen molar-refractivity contribution < 1.29 is 4.79 Å². The van der Waals surface area contributed by atoms with Crippen molar-refractivity contribution in [3.8, 4) is 0 Å². The third-order valence-electron chi connectivity index (χ3n) is 3.46. The number of anilines is 1. The number of carbonyl (C=O) groups excluding carboxylic acids is 1. The molecule has 1 aromatic rings. The minimum atomic E-state index is -0.137. The highest BCUT2D eigenvalue weighted by Gasteiger charge is 2.27. The highest BCUT2D eigenvalue weighted by Crippen LogP contribution is 2.36. The molecule has 104 valence electrons. The van der Waals surface area contributed by atoms with Crippen molar-refractivity contribution in [3.05, 3.63) is 17.8 Å². The molecule has 1 heterocycles. The summed E-state index contributed by atoms with van der Waals surface area (Å²) in [6, 6.07) is 3.50. The fourth-order valence-electron chi connectivity index (χ4n) is 1.98. The van der Waals surface area contributed by atoms with Gasteiger partial charge in [-0.2, -0.15) is 0 Å². The minimum Gasteiger partial charge on any atom is -0.369 e. The first-order valence-corrected chi connectivity index (χ1v) is 7.06. The maximum absolute atomic E-state index is 11.9. The normalized spacial score (nSPS) is 15.9. The molecule has 5 heteroatoms. The van der Waals surface area contributed by atoms with Crippen molar-refractivity contribution in [2.75, 3.05) is 18.4 Å². The van der Waals surface area contributed by atoms with Crippen molar-refractivity contribution in [2.45, 2.75) is 33.1 Å². The number of amides is 1. The molecule has 0 aromatic carbocycles. The van der Waals surface area contributed by atoms with Crippen LogP contribution in [-0.2, 0) is 0 Å². The Hall–Kier alpha value is -1.65. The summed E-state index contributed by atoms with van der Waals surface area (Å²) in [6.07, 6.45) is 3.63. The van der Waals surface area contributed by atoms with Crippen LogP contribution in [0.1, 0.15) is 43.6 Å². The summed E-state index contributed by atoms with van der Waals surface area (Å²) in [7, 11) is 0. The second kappa shape index (κ2) is 6.50. The van der Waals surface area contributed by atoms with Gasteiger partial charge in [0.2, 0.25) is 0 Å². The molecule has 1 aliphatic rings. The van der Waals surface area contributed by atoms with E-state index in [9.17, 15) is 4.79 Å². The number of carbonyl (C=O) groups is 1. The Bertz CT molecular complexity index is 414. The topological polar surface area (TPSA) is 66.9 Å². The van der Waals surface area contributed by atoms with Gasteiger partial charge in [-0.15, -0.1) is 10.2 Å². The van der Waals surface area contributed by atoms with Gasteiger partial charge < -0.3 is 10.6 Å². The molecule has 0 aliphatic heterocycles. The number of rotatable bonds is 7. The quantitative estimate of drug-likeness (QED) is 0.789. The van der Waals surface area contributed by atoms with E-state index in [-0.39, 0.29) is 5.91 Å². The average Bonchev–Trinajstić information content (AvgIpc) is 3.27. The van der Waals surface area contributed by atoms with Gasteiger partial charge in [0.1, 0.15) is 5.82 Å². The summed E-state index contributed by atoms with van der Waals surface area (Å²) in [6.45, 7) is 5.85. The van der Waals surface area contributed by atoms with Crippen molar-refractivity contribution in [1.29, 1.82) is 0 Å². The number of aromatic nitrogens is 2. The molecule has 1 amide bonds. The molecule has 1 aromatic heterocycles. The van der Waals surface area contributed by atoms with Crippen LogP contribution in [-0.4, -0.2) is 29.2 Å². The zero-order valence-corrected chi connectivity index (χ0v) is 11.6. The summed E-state index contributed by atoms with van der Waals surface area (Å²) >= 11 is 0. The first-order valence-electron chi connectivity index (χ1n) is 7.06. The third kappa shape index (κ3) is 4.19. The molecule has 1 fully saturated rings. The Labute approximate surface area is 114 Å². The zero-order valence-electron chi connectivity index (χ0n) is 11.6. The third-order valence-corrected chi connectivity index (χ3v) is 3.46. The number of nitrogens with zero attached hydrogens (tertiary/aromatic N) is 2. The average molecular weight is 262 g/mol. The first kappa shape index (κ1) is 13.8. The Morgan fingerprint density at radius 1 is 1.42 bits per heavy atom. The van der Waals surface area contributed by atoms with E-state index < -0.39 is 0 Å².